The first kappa shape index (κ1) is 14.8. The minimum absolute atomic E-state index is 0.343. The van der Waals surface area contributed by atoms with Crippen molar-refractivity contribution in [2.75, 3.05) is 52.4 Å². The van der Waals surface area contributed by atoms with Gasteiger partial charge in [0.15, 0.2) is 0 Å². The Hall–Kier alpha value is -0.160. The van der Waals surface area contributed by atoms with Crippen molar-refractivity contribution in [3.05, 3.63) is 0 Å². The van der Waals surface area contributed by atoms with Crippen LogP contribution in [0.4, 0.5) is 0 Å². The molecule has 4 heteroatoms. The van der Waals surface area contributed by atoms with Gasteiger partial charge in [0.25, 0.3) is 0 Å². The molecule has 3 rings (SSSR count). The summed E-state index contributed by atoms with van der Waals surface area (Å²) in [5, 5.41) is 3.81. The van der Waals surface area contributed by atoms with E-state index in [1.54, 1.807) is 0 Å². The molecule has 2 atom stereocenters. The van der Waals surface area contributed by atoms with Crippen LogP contribution >= 0.6 is 0 Å². The van der Waals surface area contributed by atoms with Gasteiger partial charge in [-0.05, 0) is 51.7 Å². The largest absolute Gasteiger partial charge is 0.374 e. The Labute approximate surface area is 123 Å². The zero-order valence-corrected chi connectivity index (χ0v) is 13.2. The highest BCUT2D eigenvalue weighted by molar-refractivity contribution is 5.01. The minimum atomic E-state index is 0.343. The second kappa shape index (κ2) is 6.30. The Morgan fingerprint density at radius 1 is 1.25 bits per heavy atom. The van der Waals surface area contributed by atoms with Crippen molar-refractivity contribution in [1.29, 1.82) is 0 Å². The van der Waals surface area contributed by atoms with Gasteiger partial charge < -0.3 is 10.1 Å². The number of likely N-dealkylation sites (N-methyl/N-ethyl adjacent to an activating group) is 1. The van der Waals surface area contributed by atoms with Crippen LogP contribution in [0.2, 0.25) is 0 Å². The fraction of sp³-hybridized carbons (Fsp3) is 1.00. The van der Waals surface area contributed by atoms with Gasteiger partial charge in [-0.1, -0.05) is 6.92 Å². The molecule has 3 fully saturated rings. The molecule has 0 aromatic rings. The summed E-state index contributed by atoms with van der Waals surface area (Å²) >= 11 is 0. The van der Waals surface area contributed by atoms with Crippen LogP contribution in [0.15, 0.2) is 0 Å². The van der Waals surface area contributed by atoms with Gasteiger partial charge in [-0.3, -0.25) is 9.80 Å². The van der Waals surface area contributed by atoms with Gasteiger partial charge in [0.2, 0.25) is 0 Å². The van der Waals surface area contributed by atoms with Crippen LogP contribution in [-0.2, 0) is 4.74 Å². The summed E-state index contributed by atoms with van der Waals surface area (Å²) < 4.78 is 5.99. The van der Waals surface area contributed by atoms with E-state index in [2.05, 4.69) is 29.0 Å². The monoisotopic (exact) mass is 281 g/mol. The molecule has 1 N–H and O–H groups in total. The standard InChI is InChI=1S/C16H31N3O/c1-3-18-9-10-20-15(11-18)12-19-8-4-7-17-16(2,13-19)14-5-6-14/h14-15,17H,3-13H2,1-2H3. The molecular weight excluding hydrogens is 250 g/mol. The van der Waals surface area contributed by atoms with Crippen molar-refractivity contribution in [3.8, 4) is 0 Å². The second-order valence-electron chi connectivity index (χ2n) is 7.09. The normalized spacial score (nSPS) is 37.8. The fourth-order valence-electron chi connectivity index (χ4n) is 3.89. The Bertz CT molecular complexity index is 321. The van der Waals surface area contributed by atoms with Gasteiger partial charge in [0.1, 0.15) is 0 Å². The second-order valence-corrected chi connectivity index (χ2v) is 7.09. The van der Waals surface area contributed by atoms with Crippen LogP contribution in [0.1, 0.15) is 33.1 Å². The average Bonchev–Trinajstić information content (AvgIpc) is 3.28. The maximum Gasteiger partial charge on any atom is 0.0829 e. The average molecular weight is 281 g/mol. The lowest BCUT2D eigenvalue weighted by molar-refractivity contribution is -0.0435. The zero-order chi connectivity index (χ0) is 14.0. The first-order chi connectivity index (χ1) is 9.69. The molecule has 3 aliphatic rings. The molecule has 0 aromatic heterocycles. The molecular formula is C16H31N3O. The topological polar surface area (TPSA) is 27.7 Å². The van der Waals surface area contributed by atoms with Crippen LogP contribution in [0.25, 0.3) is 0 Å². The number of hydrogen-bond donors (Lipinski definition) is 1. The molecule has 20 heavy (non-hydrogen) atoms. The summed E-state index contributed by atoms with van der Waals surface area (Å²) in [7, 11) is 0. The number of morpholine rings is 1. The third-order valence-electron chi connectivity index (χ3n) is 5.34. The van der Waals surface area contributed by atoms with E-state index in [4.69, 9.17) is 4.74 Å². The predicted molar refractivity (Wildman–Crippen MR) is 82.0 cm³/mol. The molecule has 2 aliphatic heterocycles. The molecule has 0 aromatic carbocycles. The van der Waals surface area contributed by atoms with E-state index in [0.29, 0.717) is 11.6 Å². The van der Waals surface area contributed by atoms with Gasteiger partial charge in [0, 0.05) is 31.7 Å². The van der Waals surface area contributed by atoms with Crippen LogP contribution in [0.3, 0.4) is 0 Å². The van der Waals surface area contributed by atoms with Crippen LogP contribution in [-0.4, -0.2) is 73.9 Å². The van der Waals surface area contributed by atoms with E-state index in [1.165, 1.54) is 38.9 Å². The third kappa shape index (κ3) is 3.53. The molecule has 2 unspecified atom stereocenters. The van der Waals surface area contributed by atoms with Gasteiger partial charge in [-0.15, -0.1) is 0 Å². The molecule has 116 valence electrons. The molecule has 2 saturated heterocycles. The van der Waals surface area contributed by atoms with Crippen molar-refractivity contribution >= 4 is 0 Å². The summed E-state index contributed by atoms with van der Waals surface area (Å²) in [6.07, 6.45) is 4.51. The van der Waals surface area contributed by atoms with E-state index in [0.717, 1.165) is 38.7 Å². The van der Waals surface area contributed by atoms with Gasteiger partial charge in [0.05, 0.1) is 12.7 Å². The highest BCUT2D eigenvalue weighted by Gasteiger charge is 2.43. The lowest BCUT2D eigenvalue weighted by Gasteiger charge is -2.38. The van der Waals surface area contributed by atoms with Crippen molar-refractivity contribution in [3.63, 3.8) is 0 Å². The van der Waals surface area contributed by atoms with Crippen molar-refractivity contribution in [2.24, 2.45) is 5.92 Å². The number of hydrogen-bond acceptors (Lipinski definition) is 4. The van der Waals surface area contributed by atoms with Crippen LogP contribution in [0.5, 0.6) is 0 Å². The molecule has 0 bridgehead atoms. The van der Waals surface area contributed by atoms with Crippen LogP contribution in [0, 0.1) is 5.92 Å². The van der Waals surface area contributed by atoms with Gasteiger partial charge in [-0.25, -0.2) is 0 Å². The van der Waals surface area contributed by atoms with E-state index < -0.39 is 0 Å². The highest BCUT2D eigenvalue weighted by atomic mass is 16.5. The first-order valence-corrected chi connectivity index (χ1v) is 8.51. The molecule has 0 spiro atoms. The molecule has 0 amide bonds. The smallest absolute Gasteiger partial charge is 0.0829 e. The lowest BCUT2D eigenvalue weighted by atomic mass is 9.95. The van der Waals surface area contributed by atoms with Crippen molar-refractivity contribution in [1.82, 2.24) is 15.1 Å². The number of nitrogens with zero attached hydrogens (tertiary/aromatic N) is 2. The quantitative estimate of drug-likeness (QED) is 0.837. The minimum Gasteiger partial charge on any atom is -0.374 e. The van der Waals surface area contributed by atoms with Crippen LogP contribution < -0.4 is 5.32 Å². The number of nitrogens with one attached hydrogen (secondary N) is 1. The fourth-order valence-corrected chi connectivity index (χ4v) is 3.89. The summed E-state index contributed by atoms with van der Waals surface area (Å²) in [4.78, 5) is 5.17. The van der Waals surface area contributed by atoms with E-state index >= 15 is 0 Å². The predicted octanol–water partition coefficient (Wildman–Crippen LogP) is 1.17. The number of rotatable bonds is 4. The Balaban J connectivity index is 1.55. The SMILES string of the molecule is CCN1CCOC(CN2CCCNC(C)(C3CC3)C2)C1. The Morgan fingerprint density at radius 2 is 2.10 bits per heavy atom. The summed E-state index contributed by atoms with van der Waals surface area (Å²) in [6, 6.07) is 0. The van der Waals surface area contributed by atoms with E-state index in [-0.39, 0.29) is 0 Å². The Kier molecular flexibility index (Phi) is 4.65. The maximum atomic E-state index is 5.99. The van der Waals surface area contributed by atoms with E-state index in [9.17, 15) is 0 Å². The third-order valence-corrected chi connectivity index (χ3v) is 5.34. The Morgan fingerprint density at radius 3 is 2.85 bits per heavy atom. The number of ether oxygens (including phenoxy) is 1. The van der Waals surface area contributed by atoms with Crippen molar-refractivity contribution < 1.29 is 4.74 Å². The van der Waals surface area contributed by atoms with Crippen molar-refractivity contribution in [2.45, 2.75) is 44.8 Å². The van der Waals surface area contributed by atoms with E-state index in [1.807, 2.05) is 0 Å². The van der Waals surface area contributed by atoms with Gasteiger partial charge >= 0.3 is 0 Å². The summed E-state index contributed by atoms with van der Waals surface area (Å²) in [6.45, 7) is 13.7. The maximum absolute atomic E-state index is 5.99. The molecule has 1 saturated carbocycles. The molecule has 1 aliphatic carbocycles. The highest BCUT2D eigenvalue weighted by Crippen LogP contribution is 2.40. The summed E-state index contributed by atoms with van der Waals surface area (Å²) in [5.74, 6) is 0.905. The first-order valence-electron chi connectivity index (χ1n) is 8.51. The summed E-state index contributed by atoms with van der Waals surface area (Å²) in [5.41, 5.74) is 0.343. The zero-order valence-electron chi connectivity index (χ0n) is 13.2. The lowest BCUT2D eigenvalue weighted by Crippen LogP contribution is -2.53. The molecule has 2 heterocycles. The van der Waals surface area contributed by atoms with Gasteiger partial charge in [-0.2, -0.15) is 0 Å². The molecule has 0 radical (unpaired) electrons. The molecule has 4 nitrogen and oxygen atoms in total.